The molecule has 2 aliphatic rings. The fourth-order valence-electron chi connectivity index (χ4n) is 4.80. The smallest absolute Gasteiger partial charge is 0.317 e. The van der Waals surface area contributed by atoms with Crippen LogP contribution in [0.2, 0.25) is 0 Å². The molecule has 154 valence electrons. The summed E-state index contributed by atoms with van der Waals surface area (Å²) in [5, 5.41) is 9.09. The zero-order valence-corrected chi connectivity index (χ0v) is 16.6. The number of piperidine rings is 1. The van der Waals surface area contributed by atoms with Crippen molar-refractivity contribution < 1.29 is 14.3 Å². The summed E-state index contributed by atoms with van der Waals surface area (Å²) in [7, 11) is 1.88. The number of hydrogen-bond acceptors (Lipinski definition) is 4. The monoisotopic (exact) mass is 399 g/mol. The lowest BCUT2D eigenvalue weighted by molar-refractivity contribution is -0.139. The average molecular weight is 399 g/mol. The highest BCUT2D eigenvalue weighted by Gasteiger charge is 2.35. The van der Waals surface area contributed by atoms with Gasteiger partial charge in [0.1, 0.15) is 5.82 Å². The van der Waals surface area contributed by atoms with Crippen LogP contribution in [-0.2, 0) is 24.4 Å². The zero-order valence-electron chi connectivity index (χ0n) is 16.6. The molecule has 2 aliphatic heterocycles. The molecule has 2 atom stereocenters. The minimum Gasteiger partial charge on any atom is -0.480 e. The summed E-state index contributed by atoms with van der Waals surface area (Å²) in [6, 6.07) is 10.6. The van der Waals surface area contributed by atoms with Gasteiger partial charge in [0.15, 0.2) is 0 Å². The van der Waals surface area contributed by atoms with Crippen molar-refractivity contribution in [3.8, 4) is 0 Å². The maximum Gasteiger partial charge on any atom is 0.317 e. The highest BCUT2D eigenvalue weighted by Crippen LogP contribution is 2.35. The normalized spacial score (nSPS) is 21.2. The molecule has 7 heteroatoms. The predicted molar refractivity (Wildman–Crippen MR) is 107 cm³/mol. The van der Waals surface area contributed by atoms with Gasteiger partial charge in [-0.1, -0.05) is 24.3 Å². The van der Waals surface area contributed by atoms with Crippen LogP contribution in [0.15, 0.2) is 41.2 Å². The molecule has 1 fully saturated rings. The van der Waals surface area contributed by atoms with E-state index in [1.54, 1.807) is 12.1 Å². The fraction of sp³-hybridized carbons (Fsp3) is 0.455. The summed E-state index contributed by atoms with van der Waals surface area (Å²) in [6.07, 6.45) is 1.00. The van der Waals surface area contributed by atoms with Crippen molar-refractivity contribution in [1.82, 2.24) is 14.4 Å². The number of benzene rings is 1. The Morgan fingerprint density at radius 2 is 1.90 bits per heavy atom. The summed E-state index contributed by atoms with van der Waals surface area (Å²) < 4.78 is 15.8. The van der Waals surface area contributed by atoms with E-state index in [2.05, 4.69) is 0 Å². The van der Waals surface area contributed by atoms with E-state index in [0.29, 0.717) is 49.8 Å². The standard InChI is InChI=1S/C22H26FN3O3/c1-24(11-16-4-2-3-5-19(16)23)12-17-6-7-20-18-8-15(10-26(20)22(17)29)9-25(13-18)14-21(27)28/h2-7,15,18H,8-14H2,1H3,(H,27,28)/t15-,18+/m0/s1. The van der Waals surface area contributed by atoms with E-state index in [4.69, 9.17) is 5.11 Å². The van der Waals surface area contributed by atoms with Gasteiger partial charge < -0.3 is 9.67 Å². The van der Waals surface area contributed by atoms with Crippen LogP contribution in [0.3, 0.4) is 0 Å². The number of pyridine rings is 1. The first-order chi connectivity index (χ1) is 13.9. The summed E-state index contributed by atoms with van der Waals surface area (Å²) >= 11 is 0. The molecule has 1 saturated heterocycles. The molecule has 1 aromatic heterocycles. The molecular weight excluding hydrogens is 373 g/mol. The molecule has 6 nitrogen and oxygen atoms in total. The number of nitrogens with zero attached hydrogens (tertiary/aromatic N) is 3. The van der Waals surface area contributed by atoms with Crippen molar-refractivity contribution in [2.75, 3.05) is 26.7 Å². The first kappa shape index (κ1) is 19.8. The molecule has 0 saturated carbocycles. The highest BCUT2D eigenvalue weighted by molar-refractivity contribution is 5.69. The van der Waals surface area contributed by atoms with Gasteiger partial charge >= 0.3 is 5.97 Å². The first-order valence-electron chi connectivity index (χ1n) is 9.99. The number of hydrogen-bond donors (Lipinski definition) is 1. The van der Waals surface area contributed by atoms with Gasteiger partial charge in [-0.25, -0.2) is 4.39 Å². The van der Waals surface area contributed by atoms with Crippen LogP contribution in [-0.4, -0.2) is 52.1 Å². The molecule has 0 aliphatic carbocycles. The number of carboxylic acid groups (broad SMARTS) is 1. The van der Waals surface area contributed by atoms with Gasteiger partial charge in [-0.2, -0.15) is 0 Å². The van der Waals surface area contributed by atoms with Gasteiger partial charge in [-0.05, 0) is 31.5 Å². The number of aromatic nitrogens is 1. The first-order valence-corrected chi connectivity index (χ1v) is 9.99. The van der Waals surface area contributed by atoms with Crippen molar-refractivity contribution in [2.45, 2.75) is 32.0 Å². The Bertz CT molecular complexity index is 974. The predicted octanol–water partition coefficient (Wildman–Crippen LogP) is 2.12. The van der Waals surface area contributed by atoms with Crippen LogP contribution in [0.5, 0.6) is 0 Å². The molecule has 29 heavy (non-hydrogen) atoms. The third-order valence-electron chi connectivity index (χ3n) is 5.96. The number of halogens is 1. The zero-order chi connectivity index (χ0) is 20.5. The van der Waals surface area contributed by atoms with Crippen molar-refractivity contribution in [1.29, 1.82) is 0 Å². The van der Waals surface area contributed by atoms with E-state index in [-0.39, 0.29) is 23.8 Å². The summed E-state index contributed by atoms with van der Waals surface area (Å²) in [6.45, 7) is 2.96. The van der Waals surface area contributed by atoms with E-state index in [0.717, 1.165) is 12.1 Å². The van der Waals surface area contributed by atoms with Gasteiger partial charge in [0.2, 0.25) is 0 Å². The number of aliphatic carboxylic acids is 1. The lowest BCUT2D eigenvalue weighted by atomic mass is 9.83. The number of carbonyl (C=O) groups is 1. The molecule has 0 spiro atoms. The van der Waals surface area contributed by atoms with E-state index in [1.165, 1.54) is 6.07 Å². The van der Waals surface area contributed by atoms with Gasteiger partial charge in [0.25, 0.3) is 5.56 Å². The molecule has 4 rings (SSSR count). The van der Waals surface area contributed by atoms with Gasteiger partial charge in [-0.15, -0.1) is 0 Å². The Morgan fingerprint density at radius 1 is 1.14 bits per heavy atom. The molecule has 3 heterocycles. The second-order valence-electron chi connectivity index (χ2n) is 8.35. The van der Waals surface area contributed by atoms with Gasteiger partial charge in [-0.3, -0.25) is 19.4 Å². The van der Waals surface area contributed by atoms with E-state index in [9.17, 15) is 14.0 Å². The van der Waals surface area contributed by atoms with Crippen LogP contribution in [0.25, 0.3) is 0 Å². The summed E-state index contributed by atoms with van der Waals surface area (Å²) in [5.74, 6) is -0.555. The molecule has 0 radical (unpaired) electrons. The maximum atomic E-state index is 13.9. The Balaban J connectivity index is 1.51. The van der Waals surface area contributed by atoms with Crippen molar-refractivity contribution in [2.24, 2.45) is 5.92 Å². The molecule has 1 aromatic carbocycles. The van der Waals surface area contributed by atoms with Gasteiger partial charge in [0.05, 0.1) is 6.54 Å². The third-order valence-corrected chi connectivity index (χ3v) is 5.96. The molecule has 0 amide bonds. The van der Waals surface area contributed by atoms with E-state index < -0.39 is 5.97 Å². The highest BCUT2D eigenvalue weighted by atomic mass is 19.1. The van der Waals surface area contributed by atoms with Gasteiger partial charge in [0, 0.05) is 55.5 Å². The average Bonchev–Trinajstić information content (AvgIpc) is 2.66. The lowest BCUT2D eigenvalue weighted by Gasteiger charge is -2.42. The topological polar surface area (TPSA) is 65.8 Å². The number of fused-ring (bicyclic) bond motifs is 4. The number of carboxylic acids is 1. The van der Waals surface area contributed by atoms with Crippen LogP contribution < -0.4 is 5.56 Å². The molecule has 2 bridgehead atoms. The Labute approximate surface area is 169 Å². The summed E-state index contributed by atoms with van der Waals surface area (Å²) in [4.78, 5) is 28.1. The Morgan fingerprint density at radius 3 is 2.66 bits per heavy atom. The number of likely N-dealkylation sites (tertiary alicyclic amines) is 1. The van der Waals surface area contributed by atoms with Crippen LogP contribution >= 0.6 is 0 Å². The SMILES string of the molecule is CN(Cc1ccccc1F)Cc1ccc2n(c1=O)C[C@H]1C[C@@H]2CN(CC(=O)O)C1. The van der Waals surface area contributed by atoms with E-state index >= 15 is 0 Å². The minimum atomic E-state index is -0.810. The van der Waals surface area contributed by atoms with Crippen LogP contribution in [0, 0.1) is 11.7 Å². The van der Waals surface area contributed by atoms with Crippen molar-refractivity contribution in [3.63, 3.8) is 0 Å². The molecular formula is C22H26FN3O3. The lowest BCUT2D eigenvalue weighted by Crippen LogP contribution is -2.48. The Hall–Kier alpha value is -2.51. The largest absolute Gasteiger partial charge is 0.480 e. The quantitative estimate of drug-likeness (QED) is 0.806. The number of rotatable bonds is 6. The molecule has 1 N–H and O–H groups in total. The van der Waals surface area contributed by atoms with Crippen LogP contribution in [0.4, 0.5) is 4.39 Å². The fourth-order valence-corrected chi connectivity index (χ4v) is 4.80. The van der Waals surface area contributed by atoms with E-state index in [1.807, 2.05) is 39.6 Å². The van der Waals surface area contributed by atoms with Crippen LogP contribution in [0.1, 0.15) is 29.2 Å². The maximum absolute atomic E-state index is 13.9. The third kappa shape index (κ3) is 4.26. The van der Waals surface area contributed by atoms with Crippen molar-refractivity contribution >= 4 is 5.97 Å². The minimum absolute atomic E-state index is 0.0178. The molecule has 2 aromatic rings. The summed E-state index contributed by atoms with van der Waals surface area (Å²) in [5.41, 5.74) is 2.34. The Kier molecular flexibility index (Phi) is 5.52. The second-order valence-corrected chi connectivity index (χ2v) is 8.35. The van der Waals surface area contributed by atoms with Crippen molar-refractivity contribution in [3.05, 3.63) is 69.4 Å². The second kappa shape index (κ2) is 8.08. The molecule has 0 unspecified atom stereocenters.